The van der Waals surface area contributed by atoms with Gasteiger partial charge < -0.3 is 20.3 Å². The maximum atomic E-state index is 12.4. The Morgan fingerprint density at radius 2 is 1.81 bits per heavy atom. The van der Waals surface area contributed by atoms with Crippen LogP contribution in [0.15, 0.2) is 48.5 Å². The van der Waals surface area contributed by atoms with E-state index >= 15 is 0 Å². The average molecular weight is 423 g/mol. The predicted octanol–water partition coefficient (Wildman–Crippen LogP) is 2.14. The van der Waals surface area contributed by atoms with E-state index in [-0.39, 0.29) is 24.8 Å². The van der Waals surface area contributed by atoms with Crippen LogP contribution in [0.4, 0.5) is 11.4 Å². The first-order valence-corrected chi connectivity index (χ1v) is 10.1. The Morgan fingerprint density at radius 1 is 1.10 bits per heavy atom. The lowest BCUT2D eigenvalue weighted by Crippen LogP contribution is -2.28. The highest BCUT2D eigenvalue weighted by molar-refractivity contribution is 6.00. The first kappa shape index (κ1) is 22.0. The number of benzene rings is 2. The van der Waals surface area contributed by atoms with E-state index in [2.05, 4.69) is 10.6 Å². The van der Waals surface area contributed by atoms with Crippen LogP contribution in [0.2, 0.25) is 0 Å². The molecule has 1 atom stereocenters. The third-order valence-electron chi connectivity index (χ3n) is 5.13. The molecule has 3 rings (SSSR count). The third-order valence-corrected chi connectivity index (χ3v) is 5.13. The van der Waals surface area contributed by atoms with Gasteiger partial charge in [0.1, 0.15) is 0 Å². The fraction of sp³-hybridized carbons (Fsp3) is 0.304. The van der Waals surface area contributed by atoms with Crippen LogP contribution < -0.4 is 15.5 Å². The van der Waals surface area contributed by atoms with E-state index in [0.717, 1.165) is 17.7 Å². The predicted molar refractivity (Wildman–Crippen MR) is 116 cm³/mol. The molecule has 0 unspecified atom stereocenters. The first-order chi connectivity index (χ1) is 14.9. The van der Waals surface area contributed by atoms with Crippen molar-refractivity contribution in [2.75, 3.05) is 30.4 Å². The first-order valence-electron chi connectivity index (χ1n) is 10.1. The highest BCUT2D eigenvalue weighted by Gasteiger charge is 2.37. The summed E-state index contributed by atoms with van der Waals surface area (Å²) in [5.41, 5.74) is 2.79. The van der Waals surface area contributed by atoms with E-state index in [1.54, 1.807) is 29.2 Å². The van der Waals surface area contributed by atoms with Gasteiger partial charge in [-0.05, 0) is 42.3 Å². The fourth-order valence-corrected chi connectivity index (χ4v) is 3.47. The van der Waals surface area contributed by atoms with Crippen LogP contribution in [0.3, 0.4) is 0 Å². The van der Waals surface area contributed by atoms with Gasteiger partial charge in [-0.3, -0.25) is 19.2 Å². The number of ether oxygens (including phenoxy) is 1. The molecule has 162 valence electrons. The van der Waals surface area contributed by atoms with Gasteiger partial charge in [-0.2, -0.15) is 0 Å². The van der Waals surface area contributed by atoms with E-state index in [1.165, 1.54) is 7.05 Å². The van der Waals surface area contributed by atoms with E-state index in [4.69, 9.17) is 4.74 Å². The summed E-state index contributed by atoms with van der Waals surface area (Å²) in [6, 6.07) is 13.9. The minimum Gasteiger partial charge on any atom is -0.455 e. The molecular formula is C23H25N3O5. The van der Waals surface area contributed by atoms with Crippen molar-refractivity contribution in [3.8, 4) is 0 Å². The Bertz CT molecular complexity index is 987. The highest BCUT2D eigenvalue weighted by atomic mass is 16.5. The second-order valence-corrected chi connectivity index (χ2v) is 7.20. The maximum Gasteiger partial charge on any atom is 0.311 e. The second kappa shape index (κ2) is 9.88. The highest BCUT2D eigenvalue weighted by Crippen LogP contribution is 2.29. The number of esters is 1. The number of rotatable bonds is 7. The smallest absolute Gasteiger partial charge is 0.311 e. The van der Waals surface area contributed by atoms with Gasteiger partial charge in [0.05, 0.1) is 5.92 Å². The quantitative estimate of drug-likeness (QED) is 0.664. The van der Waals surface area contributed by atoms with Crippen molar-refractivity contribution >= 4 is 35.1 Å². The molecule has 0 aromatic heterocycles. The Morgan fingerprint density at radius 3 is 2.48 bits per heavy atom. The van der Waals surface area contributed by atoms with Crippen LogP contribution in [-0.2, 0) is 25.5 Å². The average Bonchev–Trinajstić information content (AvgIpc) is 3.18. The zero-order valence-corrected chi connectivity index (χ0v) is 17.5. The van der Waals surface area contributed by atoms with Crippen molar-refractivity contribution in [3.63, 3.8) is 0 Å². The van der Waals surface area contributed by atoms with Crippen molar-refractivity contribution in [3.05, 3.63) is 59.7 Å². The van der Waals surface area contributed by atoms with Gasteiger partial charge in [-0.15, -0.1) is 0 Å². The molecule has 0 radical (unpaired) electrons. The Kier molecular flexibility index (Phi) is 7.02. The number of para-hydroxylation sites is 1. The number of hydrogen-bond donors (Lipinski definition) is 2. The molecule has 0 spiro atoms. The summed E-state index contributed by atoms with van der Waals surface area (Å²) in [5.74, 6) is -2.05. The molecule has 0 aliphatic carbocycles. The molecule has 1 fully saturated rings. The molecule has 2 N–H and O–H groups in total. The van der Waals surface area contributed by atoms with Crippen LogP contribution in [0.5, 0.6) is 0 Å². The van der Waals surface area contributed by atoms with Crippen molar-refractivity contribution in [1.82, 2.24) is 5.32 Å². The summed E-state index contributed by atoms with van der Waals surface area (Å²) in [5, 5.41) is 5.12. The Balaban J connectivity index is 1.52. The lowest BCUT2D eigenvalue weighted by Gasteiger charge is -2.19. The summed E-state index contributed by atoms with van der Waals surface area (Å²) in [6.45, 7) is 1.79. The Hall–Kier alpha value is -3.68. The fourth-order valence-electron chi connectivity index (χ4n) is 3.47. The minimum absolute atomic E-state index is 0.0550. The largest absolute Gasteiger partial charge is 0.455 e. The standard InChI is InChI=1S/C23H25N3O5/c1-3-15-6-4-5-7-19(15)26-13-17(12-21(26)28)23(30)31-14-20(27)25-18-10-8-16(9-11-18)22(29)24-2/h4-11,17H,3,12-14H2,1-2H3,(H,24,29)(H,25,27)/t17-/m0/s1. The molecule has 1 aliphatic rings. The normalized spacial score (nSPS) is 15.5. The molecule has 0 bridgehead atoms. The van der Waals surface area contributed by atoms with Gasteiger partial charge in [0.2, 0.25) is 5.91 Å². The van der Waals surface area contributed by atoms with Crippen LogP contribution in [-0.4, -0.2) is 43.9 Å². The van der Waals surface area contributed by atoms with Gasteiger partial charge in [0, 0.05) is 37.0 Å². The number of hydrogen-bond acceptors (Lipinski definition) is 5. The van der Waals surface area contributed by atoms with Crippen LogP contribution in [0.1, 0.15) is 29.3 Å². The molecule has 1 saturated heterocycles. The van der Waals surface area contributed by atoms with Gasteiger partial charge in [0.15, 0.2) is 6.61 Å². The number of nitrogens with one attached hydrogen (secondary N) is 2. The van der Waals surface area contributed by atoms with Crippen molar-refractivity contribution in [2.24, 2.45) is 5.92 Å². The molecular weight excluding hydrogens is 398 g/mol. The lowest BCUT2D eigenvalue weighted by atomic mass is 10.1. The number of carbonyl (C=O) groups is 4. The summed E-state index contributed by atoms with van der Waals surface area (Å²) in [4.78, 5) is 50.1. The van der Waals surface area contributed by atoms with Crippen LogP contribution in [0, 0.1) is 5.92 Å². The monoisotopic (exact) mass is 423 g/mol. The molecule has 8 heteroatoms. The number of amides is 3. The van der Waals surface area contributed by atoms with E-state index in [9.17, 15) is 19.2 Å². The molecule has 2 aromatic rings. The SMILES string of the molecule is CCc1ccccc1N1C[C@@H](C(=O)OCC(=O)Nc2ccc(C(=O)NC)cc2)CC1=O. The van der Waals surface area contributed by atoms with Gasteiger partial charge in [-0.1, -0.05) is 25.1 Å². The number of anilines is 2. The number of carbonyl (C=O) groups excluding carboxylic acids is 4. The number of nitrogens with zero attached hydrogens (tertiary/aromatic N) is 1. The van der Waals surface area contributed by atoms with Gasteiger partial charge >= 0.3 is 5.97 Å². The summed E-state index contributed by atoms with van der Waals surface area (Å²) < 4.78 is 5.13. The molecule has 31 heavy (non-hydrogen) atoms. The molecule has 1 aliphatic heterocycles. The Labute approximate surface area is 180 Å². The van der Waals surface area contributed by atoms with E-state index < -0.39 is 24.4 Å². The van der Waals surface area contributed by atoms with E-state index in [1.807, 2.05) is 31.2 Å². The third kappa shape index (κ3) is 5.28. The molecule has 3 amide bonds. The van der Waals surface area contributed by atoms with Gasteiger partial charge in [0.25, 0.3) is 11.8 Å². The van der Waals surface area contributed by atoms with Crippen LogP contribution >= 0.6 is 0 Å². The minimum atomic E-state index is -0.614. The van der Waals surface area contributed by atoms with Gasteiger partial charge in [-0.25, -0.2) is 0 Å². The van der Waals surface area contributed by atoms with Crippen molar-refractivity contribution < 1.29 is 23.9 Å². The van der Waals surface area contributed by atoms with Crippen molar-refractivity contribution in [1.29, 1.82) is 0 Å². The topological polar surface area (TPSA) is 105 Å². The summed E-state index contributed by atoms with van der Waals surface area (Å²) >= 11 is 0. The van der Waals surface area contributed by atoms with E-state index in [0.29, 0.717) is 11.3 Å². The number of aryl methyl sites for hydroxylation is 1. The lowest BCUT2D eigenvalue weighted by molar-refractivity contribution is -0.151. The molecule has 8 nitrogen and oxygen atoms in total. The van der Waals surface area contributed by atoms with Crippen LogP contribution in [0.25, 0.3) is 0 Å². The van der Waals surface area contributed by atoms with Crippen molar-refractivity contribution in [2.45, 2.75) is 19.8 Å². The summed E-state index contributed by atoms with van der Waals surface area (Å²) in [7, 11) is 1.53. The molecule has 0 saturated carbocycles. The second-order valence-electron chi connectivity index (χ2n) is 7.20. The molecule has 2 aromatic carbocycles. The zero-order valence-electron chi connectivity index (χ0n) is 17.5. The molecule has 1 heterocycles. The zero-order chi connectivity index (χ0) is 22.4. The maximum absolute atomic E-state index is 12.4. The summed E-state index contributed by atoms with van der Waals surface area (Å²) in [6.07, 6.45) is 0.832.